The van der Waals surface area contributed by atoms with Crippen LogP contribution in [0.2, 0.25) is 5.02 Å². The van der Waals surface area contributed by atoms with Crippen LogP contribution in [0.3, 0.4) is 0 Å². The zero-order chi connectivity index (χ0) is 10.8. The van der Waals surface area contributed by atoms with Crippen molar-refractivity contribution in [3.8, 4) is 11.5 Å². The van der Waals surface area contributed by atoms with Gasteiger partial charge in [-0.2, -0.15) is 0 Å². The van der Waals surface area contributed by atoms with Crippen LogP contribution >= 0.6 is 11.6 Å². The van der Waals surface area contributed by atoms with Gasteiger partial charge in [0.25, 0.3) is 0 Å². The van der Waals surface area contributed by atoms with Gasteiger partial charge in [-0.3, -0.25) is 0 Å². The normalized spacial score (nSPS) is 12.9. The molecule has 0 unspecified atom stereocenters. The maximum Gasteiger partial charge on any atom is 0.231 e. The van der Waals surface area contributed by atoms with Crippen LogP contribution in [0.25, 0.3) is 0 Å². The summed E-state index contributed by atoms with van der Waals surface area (Å²) in [5, 5.41) is -0.0138. The molecule has 1 aromatic carbocycles. The molecule has 3 nitrogen and oxygen atoms in total. The van der Waals surface area contributed by atoms with Gasteiger partial charge < -0.3 is 14.3 Å². The summed E-state index contributed by atoms with van der Waals surface area (Å²) in [5.41, 5.74) is 0.308. The zero-order valence-electron chi connectivity index (χ0n) is 7.76. The van der Waals surface area contributed by atoms with E-state index in [9.17, 15) is 9.18 Å². The molecule has 5 heteroatoms. The van der Waals surface area contributed by atoms with E-state index in [1.165, 1.54) is 6.07 Å². The van der Waals surface area contributed by atoms with Gasteiger partial charge in [-0.25, -0.2) is 4.39 Å². The summed E-state index contributed by atoms with van der Waals surface area (Å²) in [6.45, 7) is 0.0587. The first-order valence-electron chi connectivity index (χ1n) is 4.44. The molecule has 80 valence electrons. The topological polar surface area (TPSA) is 35.5 Å². The molecule has 1 aliphatic heterocycles. The van der Waals surface area contributed by atoms with E-state index in [4.69, 9.17) is 21.1 Å². The molecule has 1 aromatic rings. The highest BCUT2D eigenvalue weighted by atomic mass is 35.5. The smallest absolute Gasteiger partial charge is 0.231 e. The molecule has 1 aliphatic rings. The van der Waals surface area contributed by atoms with E-state index in [0.717, 1.165) is 6.29 Å². The minimum Gasteiger partial charge on any atom is -0.454 e. The minimum atomic E-state index is -0.539. The van der Waals surface area contributed by atoms with Crippen molar-refractivity contribution in [2.45, 2.75) is 12.8 Å². The Morgan fingerprint density at radius 2 is 2.33 bits per heavy atom. The van der Waals surface area contributed by atoms with E-state index in [-0.39, 0.29) is 24.7 Å². The van der Waals surface area contributed by atoms with E-state index < -0.39 is 5.82 Å². The Balaban J connectivity index is 2.45. The van der Waals surface area contributed by atoms with Crippen LogP contribution in [0.4, 0.5) is 4.39 Å². The number of carbonyl (C=O) groups is 1. The Morgan fingerprint density at radius 3 is 3.07 bits per heavy atom. The van der Waals surface area contributed by atoms with Gasteiger partial charge in [-0.1, -0.05) is 11.6 Å². The molecule has 0 spiro atoms. The molecule has 0 saturated heterocycles. The Bertz CT molecular complexity index is 406. The highest BCUT2D eigenvalue weighted by Crippen LogP contribution is 2.40. The van der Waals surface area contributed by atoms with E-state index in [1.54, 1.807) is 0 Å². The lowest BCUT2D eigenvalue weighted by molar-refractivity contribution is -0.107. The first-order chi connectivity index (χ1) is 7.24. The summed E-state index contributed by atoms with van der Waals surface area (Å²) in [4.78, 5) is 10.2. The number of benzene rings is 1. The molecule has 0 amide bonds. The summed E-state index contributed by atoms with van der Waals surface area (Å²) >= 11 is 5.68. The van der Waals surface area contributed by atoms with Crippen molar-refractivity contribution >= 4 is 17.9 Å². The Kier molecular flexibility index (Phi) is 2.77. The summed E-state index contributed by atoms with van der Waals surface area (Å²) in [6, 6.07) is 1.38. The van der Waals surface area contributed by atoms with Crippen molar-refractivity contribution in [3.05, 3.63) is 22.5 Å². The molecule has 1 heterocycles. The number of fused-ring (bicyclic) bond motifs is 1. The number of hydrogen-bond acceptors (Lipinski definition) is 3. The first kappa shape index (κ1) is 10.2. The number of rotatable bonds is 3. The molecule has 0 radical (unpaired) electrons. The molecule has 0 aromatic heterocycles. The van der Waals surface area contributed by atoms with Gasteiger partial charge in [0, 0.05) is 18.1 Å². The monoisotopic (exact) mass is 230 g/mol. The van der Waals surface area contributed by atoms with E-state index in [1.807, 2.05) is 0 Å². The average Bonchev–Trinajstić information content (AvgIpc) is 2.66. The van der Waals surface area contributed by atoms with Crippen LogP contribution < -0.4 is 9.47 Å². The Labute approximate surface area is 90.7 Å². The molecule has 0 saturated carbocycles. The largest absolute Gasteiger partial charge is 0.454 e. The Hall–Kier alpha value is -1.29. The maximum atomic E-state index is 13.6. The molecule has 15 heavy (non-hydrogen) atoms. The molecule has 0 atom stereocenters. The van der Waals surface area contributed by atoms with Gasteiger partial charge in [0.15, 0.2) is 11.5 Å². The summed E-state index contributed by atoms with van der Waals surface area (Å²) in [6.07, 6.45) is 1.22. The lowest BCUT2D eigenvalue weighted by atomic mass is 10.1. The molecule has 0 N–H and O–H groups in total. The minimum absolute atomic E-state index is 0.0138. The standard InChI is InChI=1S/C10H8ClFO3/c11-7-4-8-10(15-5-14-8)6(9(7)12)2-1-3-13/h3-4H,1-2,5H2. The third-order valence-corrected chi connectivity index (χ3v) is 2.44. The van der Waals surface area contributed by atoms with Crippen molar-refractivity contribution in [1.29, 1.82) is 0 Å². The highest BCUT2D eigenvalue weighted by molar-refractivity contribution is 6.31. The van der Waals surface area contributed by atoms with Gasteiger partial charge in [-0.15, -0.1) is 0 Å². The zero-order valence-corrected chi connectivity index (χ0v) is 8.51. The number of hydrogen-bond donors (Lipinski definition) is 0. The van der Waals surface area contributed by atoms with Gasteiger partial charge >= 0.3 is 0 Å². The van der Waals surface area contributed by atoms with Crippen molar-refractivity contribution in [2.75, 3.05) is 6.79 Å². The average molecular weight is 231 g/mol. The van der Waals surface area contributed by atoms with Crippen LogP contribution in [0.15, 0.2) is 6.07 Å². The van der Waals surface area contributed by atoms with Gasteiger partial charge in [-0.05, 0) is 6.42 Å². The maximum absolute atomic E-state index is 13.6. The third kappa shape index (κ3) is 1.77. The van der Waals surface area contributed by atoms with Crippen LogP contribution in [0, 0.1) is 5.82 Å². The third-order valence-electron chi connectivity index (χ3n) is 2.16. The number of aldehydes is 1. The number of carbonyl (C=O) groups excluding carboxylic acids is 1. The highest BCUT2D eigenvalue weighted by Gasteiger charge is 2.23. The van der Waals surface area contributed by atoms with E-state index in [2.05, 4.69) is 0 Å². The fraction of sp³-hybridized carbons (Fsp3) is 0.300. The predicted octanol–water partition coefficient (Wildman–Crippen LogP) is 2.34. The molecular formula is C10H8ClFO3. The van der Waals surface area contributed by atoms with Crippen molar-refractivity contribution < 1.29 is 18.7 Å². The van der Waals surface area contributed by atoms with Crippen LogP contribution in [0.1, 0.15) is 12.0 Å². The van der Waals surface area contributed by atoms with Crippen LogP contribution in [-0.2, 0) is 11.2 Å². The second-order valence-corrected chi connectivity index (χ2v) is 3.50. The van der Waals surface area contributed by atoms with E-state index >= 15 is 0 Å². The van der Waals surface area contributed by atoms with Crippen molar-refractivity contribution in [1.82, 2.24) is 0 Å². The molecule has 2 rings (SSSR count). The lowest BCUT2D eigenvalue weighted by Crippen LogP contribution is -1.97. The SMILES string of the molecule is O=CCCc1c(F)c(Cl)cc2c1OCO2. The summed E-state index contributed by atoms with van der Waals surface area (Å²) < 4.78 is 23.8. The van der Waals surface area contributed by atoms with Crippen molar-refractivity contribution in [3.63, 3.8) is 0 Å². The van der Waals surface area contributed by atoms with Crippen LogP contribution in [0.5, 0.6) is 11.5 Å². The predicted molar refractivity (Wildman–Crippen MR) is 51.9 cm³/mol. The number of halogens is 2. The lowest BCUT2D eigenvalue weighted by Gasteiger charge is -2.06. The second kappa shape index (κ2) is 4.06. The molecular weight excluding hydrogens is 223 g/mol. The summed E-state index contributed by atoms with van der Waals surface area (Å²) in [5.74, 6) is 0.254. The van der Waals surface area contributed by atoms with Crippen LogP contribution in [-0.4, -0.2) is 13.1 Å². The fourth-order valence-corrected chi connectivity index (χ4v) is 1.69. The second-order valence-electron chi connectivity index (χ2n) is 3.09. The van der Waals surface area contributed by atoms with Crippen molar-refractivity contribution in [2.24, 2.45) is 0 Å². The molecule has 0 bridgehead atoms. The van der Waals surface area contributed by atoms with Gasteiger partial charge in [0.1, 0.15) is 12.1 Å². The molecule has 0 fully saturated rings. The fourth-order valence-electron chi connectivity index (χ4n) is 1.48. The van der Waals surface area contributed by atoms with Gasteiger partial charge in [0.05, 0.1) is 5.02 Å². The quantitative estimate of drug-likeness (QED) is 0.748. The Morgan fingerprint density at radius 1 is 1.53 bits per heavy atom. The molecule has 0 aliphatic carbocycles. The van der Waals surface area contributed by atoms with Gasteiger partial charge in [0.2, 0.25) is 6.79 Å². The van der Waals surface area contributed by atoms with E-state index in [0.29, 0.717) is 17.1 Å². The first-order valence-corrected chi connectivity index (χ1v) is 4.82. The number of ether oxygens (including phenoxy) is 2. The summed E-state index contributed by atoms with van der Waals surface area (Å²) in [7, 11) is 0.